The van der Waals surface area contributed by atoms with Gasteiger partial charge in [0.05, 0.1) is 20.8 Å². The lowest BCUT2D eigenvalue weighted by Crippen LogP contribution is -2.35. The van der Waals surface area contributed by atoms with Crippen molar-refractivity contribution in [1.82, 2.24) is 14.9 Å². The van der Waals surface area contributed by atoms with Crippen LogP contribution in [0, 0.1) is 11.7 Å². The van der Waals surface area contributed by atoms with Gasteiger partial charge >= 0.3 is 0 Å². The van der Waals surface area contributed by atoms with Crippen molar-refractivity contribution in [3.05, 3.63) is 71.8 Å². The number of halogens is 1. The van der Waals surface area contributed by atoms with Gasteiger partial charge in [-0.1, -0.05) is 19.1 Å². The van der Waals surface area contributed by atoms with E-state index in [2.05, 4.69) is 9.97 Å². The number of thiophene rings is 1. The highest BCUT2D eigenvalue weighted by molar-refractivity contribution is 7.22. The summed E-state index contributed by atoms with van der Waals surface area (Å²) in [6.07, 6.45) is 7.95. The van der Waals surface area contributed by atoms with Crippen molar-refractivity contribution in [3.8, 4) is 22.1 Å². The van der Waals surface area contributed by atoms with Crippen molar-refractivity contribution in [2.45, 2.75) is 45.4 Å². The molecule has 0 spiro atoms. The fourth-order valence-electron chi connectivity index (χ4n) is 4.63. The van der Waals surface area contributed by atoms with E-state index in [4.69, 9.17) is 4.74 Å². The lowest BCUT2D eigenvalue weighted by Gasteiger charge is -2.21. The Morgan fingerprint density at radius 2 is 1.90 bits per heavy atom. The number of rotatable bonds is 13. The lowest BCUT2D eigenvalue weighted by atomic mass is 10.0. The van der Waals surface area contributed by atoms with Gasteiger partial charge in [-0.05, 0) is 67.0 Å². The molecule has 40 heavy (non-hydrogen) atoms. The Morgan fingerprint density at radius 1 is 1.07 bits per heavy atom. The number of hydrogen-bond acceptors (Lipinski definition) is 7. The van der Waals surface area contributed by atoms with Crippen molar-refractivity contribution in [2.24, 2.45) is 5.92 Å². The Balaban J connectivity index is 1.27. The third kappa shape index (κ3) is 6.89. The number of carbonyl (C=O) groups is 2. The van der Waals surface area contributed by atoms with Gasteiger partial charge in [-0.25, -0.2) is 4.39 Å². The van der Waals surface area contributed by atoms with Crippen LogP contribution in [-0.4, -0.2) is 51.4 Å². The fourth-order valence-corrected chi connectivity index (χ4v) is 5.68. The summed E-state index contributed by atoms with van der Waals surface area (Å²) in [6, 6.07) is 12.3. The van der Waals surface area contributed by atoms with Gasteiger partial charge in [-0.15, -0.1) is 11.3 Å². The number of ether oxygens (including phenoxy) is 1. The second-order valence-electron chi connectivity index (χ2n) is 10.2. The number of nitrogens with zero attached hydrogens (tertiary/aromatic N) is 3. The molecule has 1 saturated carbocycles. The molecule has 1 fully saturated rings. The minimum Gasteiger partial charge on any atom is -0.453 e. The molecule has 1 N–H and O–H groups in total. The van der Waals surface area contributed by atoms with Crippen molar-refractivity contribution < 1.29 is 23.8 Å². The number of hydrogen-bond donors (Lipinski definition) is 1. The van der Waals surface area contributed by atoms with Crippen LogP contribution in [0.15, 0.2) is 54.9 Å². The number of carbonyl (C=O) groups excluding carboxylic acids is 2. The van der Waals surface area contributed by atoms with Crippen LogP contribution in [0.2, 0.25) is 0 Å². The van der Waals surface area contributed by atoms with Crippen molar-refractivity contribution in [3.63, 3.8) is 0 Å². The molecule has 3 heterocycles. The Morgan fingerprint density at radius 3 is 2.60 bits per heavy atom. The second kappa shape index (κ2) is 12.7. The van der Waals surface area contributed by atoms with Gasteiger partial charge in [0.15, 0.2) is 11.6 Å². The molecule has 4 aromatic rings. The van der Waals surface area contributed by atoms with Gasteiger partial charge in [-0.2, -0.15) is 0 Å². The molecule has 1 aliphatic carbocycles. The molecule has 3 aromatic heterocycles. The third-order valence-corrected chi connectivity index (χ3v) is 8.10. The SMILES string of the molecule is CCCN(CCc1ccc(-c2cc3nccc(Oc4ccc(CC(=O)CC5CC5)cc4F)c3s2)nc1)C(=O)CO. The minimum absolute atomic E-state index is 0.0973. The number of aliphatic hydroxyl groups is 1. The van der Waals surface area contributed by atoms with Crippen molar-refractivity contribution in [2.75, 3.05) is 19.7 Å². The molecule has 0 aliphatic heterocycles. The molecule has 1 amide bonds. The zero-order chi connectivity index (χ0) is 28.1. The zero-order valence-electron chi connectivity index (χ0n) is 22.4. The molecule has 5 rings (SSSR count). The highest BCUT2D eigenvalue weighted by Gasteiger charge is 2.24. The molecule has 0 atom stereocenters. The Bertz CT molecular complexity index is 1500. The van der Waals surface area contributed by atoms with E-state index < -0.39 is 12.4 Å². The quantitative estimate of drug-likeness (QED) is 0.216. The normalized spacial score (nSPS) is 13.0. The molecule has 9 heteroatoms. The van der Waals surface area contributed by atoms with Crippen LogP contribution in [0.4, 0.5) is 4.39 Å². The molecular weight excluding hydrogens is 529 g/mol. The summed E-state index contributed by atoms with van der Waals surface area (Å²) in [5.41, 5.74) is 3.15. The monoisotopic (exact) mass is 561 g/mol. The van der Waals surface area contributed by atoms with Crippen LogP contribution in [0.3, 0.4) is 0 Å². The number of ketones is 1. The van der Waals surface area contributed by atoms with Crippen LogP contribution in [0.1, 0.15) is 43.7 Å². The molecule has 0 saturated heterocycles. The highest BCUT2D eigenvalue weighted by Crippen LogP contribution is 2.39. The smallest absolute Gasteiger partial charge is 0.248 e. The van der Waals surface area contributed by atoms with Gasteiger partial charge in [0.1, 0.15) is 18.1 Å². The summed E-state index contributed by atoms with van der Waals surface area (Å²) in [5, 5.41) is 9.19. The predicted octanol–water partition coefficient (Wildman–Crippen LogP) is 5.97. The Hall–Kier alpha value is -3.69. The van der Waals surface area contributed by atoms with Gasteiger partial charge < -0.3 is 14.7 Å². The maximum absolute atomic E-state index is 14.9. The predicted molar refractivity (Wildman–Crippen MR) is 153 cm³/mol. The lowest BCUT2D eigenvalue weighted by molar-refractivity contribution is -0.134. The van der Waals surface area contributed by atoms with E-state index in [1.165, 1.54) is 17.4 Å². The van der Waals surface area contributed by atoms with Crippen LogP contribution in [-0.2, 0) is 22.4 Å². The topological polar surface area (TPSA) is 92.6 Å². The number of amides is 1. The number of Topliss-reactive ketones (excluding diaryl/α,β-unsaturated/α-hetero) is 1. The maximum atomic E-state index is 14.9. The van der Waals surface area contributed by atoms with Crippen LogP contribution in [0.5, 0.6) is 11.5 Å². The highest BCUT2D eigenvalue weighted by atomic mass is 32.1. The first-order valence-corrected chi connectivity index (χ1v) is 14.5. The van der Waals surface area contributed by atoms with Crippen LogP contribution in [0.25, 0.3) is 20.8 Å². The molecule has 7 nitrogen and oxygen atoms in total. The fraction of sp³-hybridized carbons (Fsp3) is 0.355. The second-order valence-corrected chi connectivity index (χ2v) is 11.3. The Labute approximate surface area is 236 Å². The number of fused-ring (bicyclic) bond motifs is 1. The van der Waals surface area contributed by atoms with Crippen molar-refractivity contribution >= 4 is 33.2 Å². The molecule has 0 bridgehead atoms. The summed E-state index contributed by atoms with van der Waals surface area (Å²) in [6.45, 7) is 2.65. The summed E-state index contributed by atoms with van der Waals surface area (Å²) >= 11 is 1.47. The zero-order valence-corrected chi connectivity index (χ0v) is 23.3. The van der Waals surface area contributed by atoms with Gasteiger partial charge in [-0.3, -0.25) is 19.6 Å². The number of aromatic nitrogens is 2. The van der Waals surface area contributed by atoms with E-state index >= 15 is 0 Å². The van der Waals surface area contributed by atoms with E-state index in [9.17, 15) is 19.1 Å². The van der Waals surface area contributed by atoms with Gasteiger partial charge in [0, 0.05) is 44.4 Å². The molecule has 0 unspecified atom stereocenters. The third-order valence-electron chi connectivity index (χ3n) is 6.94. The van der Waals surface area contributed by atoms with Gasteiger partial charge in [0.25, 0.3) is 0 Å². The van der Waals surface area contributed by atoms with Crippen LogP contribution < -0.4 is 4.74 Å². The molecule has 1 aliphatic rings. The summed E-state index contributed by atoms with van der Waals surface area (Å²) < 4.78 is 21.6. The minimum atomic E-state index is -0.506. The summed E-state index contributed by atoms with van der Waals surface area (Å²) in [4.78, 5) is 35.7. The summed E-state index contributed by atoms with van der Waals surface area (Å²) in [7, 11) is 0. The first kappa shape index (κ1) is 27.9. The van der Waals surface area contributed by atoms with E-state index in [0.29, 0.717) is 43.2 Å². The molecular formula is C31H32FN3O4S. The van der Waals surface area contributed by atoms with E-state index in [0.717, 1.165) is 45.6 Å². The number of aliphatic hydroxyl groups excluding tert-OH is 1. The van der Waals surface area contributed by atoms with Gasteiger partial charge in [0.2, 0.25) is 5.91 Å². The number of benzene rings is 1. The largest absolute Gasteiger partial charge is 0.453 e. The Kier molecular flexibility index (Phi) is 8.81. The molecule has 1 aromatic carbocycles. The maximum Gasteiger partial charge on any atom is 0.248 e. The van der Waals surface area contributed by atoms with Crippen molar-refractivity contribution in [1.29, 1.82) is 0 Å². The van der Waals surface area contributed by atoms with Crippen LogP contribution >= 0.6 is 11.3 Å². The van der Waals surface area contributed by atoms with E-state index in [1.807, 2.05) is 25.1 Å². The average Bonchev–Trinajstić information content (AvgIpc) is 3.65. The van der Waals surface area contributed by atoms with E-state index in [1.54, 1.807) is 35.5 Å². The molecule has 0 radical (unpaired) electrons. The molecule has 208 valence electrons. The number of pyridine rings is 2. The average molecular weight is 562 g/mol. The first-order valence-electron chi connectivity index (χ1n) is 13.6. The standard InChI is InChI=1S/C31H32FN3O4S/c1-2-12-35(30(38)19-36)13-10-21-5-7-25(34-18-21)29-17-26-31(40-29)28(9-11-33-26)39-27-8-6-22(16-24(27)32)15-23(37)14-20-3-4-20/h5-9,11,16-18,20,36H,2-4,10,12-15,19H2,1H3. The van der Waals surface area contributed by atoms with E-state index in [-0.39, 0.29) is 23.9 Å². The summed E-state index contributed by atoms with van der Waals surface area (Å²) in [5.74, 6) is 0.489. The first-order chi connectivity index (χ1) is 19.4.